The van der Waals surface area contributed by atoms with Gasteiger partial charge in [-0.2, -0.15) is 10.5 Å². The van der Waals surface area contributed by atoms with Crippen LogP contribution < -0.4 is 19.8 Å². The number of aromatic nitrogens is 2. The molecular weight excluding hydrogens is 366 g/mol. The van der Waals surface area contributed by atoms with Gasteiger partial charge < -0.3 is 14.0 Å². The largest absolute Gasteiger partial charge is 0.454 e. The van der Waals surface area contributed by atoms with Crippen LogP contribution in [0.15, 0.2) is 24.3 Å². The molecule has 0 atom stereocenters. The topological polar surface area (TPSA) is 101 Å². The molecule has 2 aliphatic heterocycles. The first-order chi connectivity index (χ1) is 14.0. The molecule has 3 aromatic rings. The first kappa shape index (κ1) is 17.2. The quantitative estimate of drug-likeness (QED) is 0.650. The van der Waals surface area contributed by atoms with Gasteiger partial charge in [-0.1, -0.05) is 0 Å². The van der Waals surface area contributed by atoms with Gasteiger partial charge >= 0.3 is 0 Å². The van der Waals surface area contributed by atoms with Gasteiger partial charge in [0.25, 0.3) is 5.82 Å². The van der Waals surface area contributed by atoms with E-state index in [9.17, 15) is 10.5 Å². The van der Waals surface area contributed by atoms with Crippen LogP contribution in [0.4, 0.5) is 5.82 Å². The van der Waals surface area contributed by atoms with Crippen LogP contribution in [0, 0.1) is 29.6 Å². The van der Waals surface area contributed by atoms with Crippen LogP contribution in [-0.4, -0.2) is 11.4 Å². The second kappa shape index (κ2) is 6.02. The molecule has 0 bridgehead atoms. The number of nitrogens with zero attached hydrogens (tertiary/aromatic N) is 4. The lowest BCUT2D eigenvalue weighted by atomic mass is 9.92. The molecule has 29 heavy (non-hydrogen) atoms. The second-order valence-electron chi connectivity index (χ2n) is 7.28. The van der Waals surface area contributed by atoms with E-state index in [4.69, 9.17) is 15.2 Å². The Morgan fingerprint density at radius 1 is 1.03 bits per heavy atom. The molecule has 0 spiro atoms. The molecule has 0 saturated heterocycles. The molecule has 4 heterocycles. The van der Waals surface area contributed by atoms with E-state index in [2.05, 4.69) is 12.1 Å². The molecule has 2 N–H and O–H groups in total. The average Bonchev–Trinajstić information content (AvgIpc) is 3.30. The minimum atomic E-state index is 0.221. The number of aryl methyl sites for hydroxylation is 1. The van der Waals surface area contributed by atoms with E-state index < -0.39 is 0 Å². The smallest absolute Gasteiger partial charge is 0.291 e. The highest BCUT2D eigenvalue weighted by atomic mass is 16.7. The second-order valence-corrected chi connectivity index (χ2v) is 7.28. The molecule has 1 aromatic carbocycles. The summed E-state index contributed by atoms with van der Waals surface area (Å²) in [4.78, 5) is 0. The normalized spacial score (nSPS) is 13.4. The fraction of sp³-hybridized carbons (Fsp3) is 0.227. The Bertz CT molecular complexity index is 1290. The van der Waals surface area contributed by atoms with Crippen LogP contribution >= 0.6 is 0 Å². The molecule has 5 rings (SSSR count). The summed E-state index contributed by atoms with van der Waals surface area (Å²) >= 11 is 0. The summed E-state index contributed by atoms with van der Waals surface area (Å²) in [6, 6.07) is 12.3. The van der Waals surface area contributed by atoms with Gasteiger partial charge in [0.2, 0.25) is 6.79 Å². The Kier molecular flexibility index (Phi) is 3.56. The number of anilines is 1. The minimum Gasteiger partial charge on any atom is -0.454 e. The van der Waals surface area contributed by atoms with E-state index in [1.54, 1.807) is 0 Å². The van der Waals surface area contributed by atoms with Gasteiger partial charge in [0.1, 0.15) is 29.1 Å². The van der Waals surface area contributed by atoms with Gasteiger partial charge in [0, 0.05) is 35.9 Å². The maximum absolute atomic E-state index is 9.86. The van der Waals surface area contributed by atoms with Crippen LogP contribution in [0.1, 0.15) is 22.5 Å². The molecule has 2 aliphatic rings. The zero-order valence-electron chi connectivity index (χ0n) is 16.1. The molecule has 7 nitrogen and oxygen atoms in total. The van der Waals surface area contributed by atoms with Gasteiger partial charge in [-0.05, 0) is 36.8 Å². The van der Waals surface area contributed by atoms with Gasteiger partial charge in [0.15, 0.2) is 11.5 Å². The van der Waals surface area contributed by atoms with E-state index in [1.165, 1.54) is 0 Å². The predicted octanol–water partition coefficient (Wildman–Crippen LogP) is 2.57. The maximum Gasteiger partial charge on any atom is 0.291 e. The highest BCUT2D eigenvalue weighted by Gasteiger charge is 2.30. The summed E-state index contributed by atoms with van der Waals surface area (Å²) in [5, 5.41) is 19.3. The van der Waals surface area contributed by atoms with Crippen molar-refractivity contribution in [2.24, 2.45) is 7.05 Å². The summed E-state index contributed by atoms with van der Waals surface area (Å²) in [5.41, 5.74) is 13.0. The van der Waals surface area contributed by atoms with Crippen molar-refractivity contribution in [1.82, 2.24) is 4.57 Å². The molecular formula is C22H18N5O2+. The third kappa shape index (κ3) is 2.31. The van der Waals surface area contributed by atoms with Crippen molar-refractivity contribution in [1.29, 1.82) is 10.5 Å². The third-order valence-corrected chi connectivity index (χ3v) is 5.92. The van der Waals surface area contributed by atoms with E-state index in [1.807, 2.05) is 47.4 Å². The van der Waals surface area contributed by atoms with Crippen LogP contribution in [0.25, 0.3) is 22.4 Å². The van der Waals surface area contributed by atoms with E-state index in [0.717, 1.165) is 45.8 Å². The summed E-state index contributed by atoms with van der Waals surface area (Å²) < 4.78 is 14.9. The number of benzene rings is 1. The third-order valence-electron chi connectivity index (χ3n) is 5.92. The number of nitrogens with two attached hydrogens (primary N) is 1. The number of fused-ring (bicyclic) bond motifs is 4. The molecule has 0 amide bonds. The number of nitrogen functional groups attached to an aromatic ring is 1. The Labute approximate surface area is 167 Å². The van der Waals surface area contributed by atoms with Gasteiger partial charge in [-0.15, -0.1) is 0 Å². The summed E-state index contributed by atoms with van der Waals surface area (Å²) in [6.45, 7) is 2.84. The Hall–Kier alpha value is -3.97. The summed E-state index contributed by atoms with van der Waals surface area (Å²) in [6.07, 6.45) is 0.793. The minimum absolute atomic E-state index is 0.221. The summed E-state index contributed by atoms with van der Waals surface area (Å²) in [7, 11) is 1.84. The highest BCUT2D eigenvalue weighted by molar-refractivity contribution is 5.81. The fourth-order valence-corrected chi connectivity index (χ4v) is 4.22. The van der Waals surface area contributed by atoms with Gasteiger partial charge in [-0.25, -0.2) is 4.57 Å². The molecule has 0 fully saturated rings. The zero-order valence-corrected chi connectivity index (χ0v) is 16.1. The van der Waals surface area contributed by atoms with Crippen molar-refractivity contribution in [3.8, 4) is 46.0 Å². The van der Waals surface area contributed by atoms with Crippen LogP contribution in [0.3, 0.4) is 0 Å². The van der Waals surface area contributed by atoms with Crippen LogP contribution in [0.5, 0.6) is 11.5 Å². The van der Waals surface area contributed by atoms with Crippen LogP contribution in [0.2, 0.25) is 0 Å². The van der Waals surface area contributed by atoms with Crippen molar-refractivity contribution in [2.75, 3.05) is 12.5 Å². The van der Waals surface area contributed by atoms with Crippen molar-refractivity contribution < 1.29 is 14.0 Å². The van der Waals surface area contributed by atoms with Crippen molar-refractivity contribution in [2.45, 2.75) is 19.9 Å². The SMILES string of the molecule is Cc1c(-c2cc3[n+](c(N)c2C#N)CCc2cc4c(cc2-3)OCO4)cc(C#N)n1C. The Morgan fingerprint density at radius 2 is 1.79 bits per heavy atom. The first-order valence-corrected chi connectivity index (χ1v) is 9.29. The zero-order chi connectivity index (χ0) is 20.3. The van der Waals surface area contributed by atoms with E-state index in [0.29, 0.717) is 29.4 Å². The maximum atomic E-state index is 9.86. The number of ether oxygens (including phenoxy) is 2. The predicted molar refractivity (Wildman–Crippen MR) is 105 cm³/mol. The van der Waals surface area contributed by atoms with Crippen molar-refractivity contribution in [3.05, 3.63) is 46.8 Å². The lowest BCUT2D eigenvalue weighted by molar-refractivity contribution is -0.673. The first-order valence-electron chi connectivity index (χ1n) is 9.29. The lowest BCUT2D eigenvalue weighted by Crippen LogP contribution is -2.43. The number of nitriles is 2. The molecule has 0 aliphatic carbocycles. The monoisotopic (exact) mass is 384 g/mol. The number of rotatable bonds is 1. The highest BCUT2D eigenvalue weighted by Crippen LogP contribution is 2.41. The molecule has 7 heteroatoms. The van der Waals surface area contributed by atoms with E-state index in [-0.39, 0.29) is 6.79 Å². The number of hydrogen-bond acceptors (Lipinski definition) is 5. The van der Waals surface area contributed by atoms with E-state index >= 15 is 0 Å². The fourth-order valence-electron chi connectivity index (χ4n) is 4.22. The Morgan fingerprint density at radius 3 is 2.48 bits per heavy atom. The van der Waals surface area contributed by atoms with Gasteiger partial charge in [-0.3, -0.25) is 5.73 Å². The molecule has 0 unspecified atom stereocenters. The summed E-state index contributed by atoms with van der Waals surface area (Å²) in [5.74, 6) is 1.91. The number of hydrogen-bond donors (Lipinski definition) is 1. The van der Waals surface area contributed by atoms with Crippen LogP contribution in [-0.2, 0) is 20.0 Å². The lowest BCUT2D eigenvalue weighted by Gasteiger charge is -2.21. The Balaban J connectivity index is 1.80. The number of pyridine rings is 1. The molecule has 2 aromatic heterocycles. The average molecular weight is 384 g/mol. The van der Waals surface area contributed by atoms with Crippen molar-refractivity contribution in [3.63, 3.8) is 0 Å². The molecule has 142 valence electrons. The molecule has 0 saturated carbocycles. The standard InChI is InChI=1S/C22H17N5O2/c1-12-15(6-14(9-23)26(12)2)17-7-19-16-8-21-20(28-11-29-21)5-13(16)3-4-27(19)22(25)18(17)10-24/h5-8,25H,3-4,11H2,1-2H3/p+1. The van der Waals surface area contributed by atoms with Gasteiger partial charge in [0.05, 0.1) is 6.54 Å². The molecule has 0 radical (unpaired) electrons. The van der Waals surface area contributed by atoms with Crippen molar-refractivity contribution >= 4 is 5.82 Å².